The quantitative estimate of drug-likeness (QED) is 0.207. The Morgan fingerprint density at radius 1 is 0.575 bits per heavy atom. The van der Waals surface area contributed by atoms with Gasteiger partial charge in [0.15, 0.2) is 0 Å². The molecule has 2 aliphatic heterocycles. The third-order valence-corrected chi connectivity index (χ3v) is 9.15. The highest BCUT2D eigenvalue weighted by Gasteiger charge is 2.47. The van der Waals surface area contributed by atoms with Crippen LogP contribution in [0.15, 0.2) is 0 Å². The first-order chi connectivity index (χ1) is 18.5. The molecule has 0 atom stereocenters. The Kier molecular flexibility index (Phi) is 12.9. The van der Waals surface area contributed by atoms with E-state index in [9.17, 15) is 9.59 Å². The highest BCUT2D eigenvalue weighted by atomic mass is 16.5. The third kappa shape index (κ3) is 10.2. The number of ether oxygens (including phenoxy) is 2. The lowest BCUT2D eigenvalue weighted by Gasteiger charge is -2.54. The van der Waals surface area contributed by atoms with Gasteiger partial charge in [0, 0.05) is 86.9 Å². The van der Waals surface area contributed by atoms with E-state index in [1.165, 1.54) is 0 Å². The second kappa shape index (κ2) is 14.8. The maximum atomic E-state index is 12.5. The molecule has 0 amide bonds. The van der Waals surface area contributed by atoms with Gasteiger partial charge in [0.25, 0.3) is 0 Å². The molecule has 2 heterocycles. The zero-order chi connectivity index (χ0) is 30.2. The summed E-state index contributed by atoms with van der Waals surface area (Å²) in [4.78, 5) is 30.0. The summed E-state index contributed by atoms with van der Waals surface area (Å²) in [6, 6.07) is 0. The Hall–Kier alpha value is -1.22. The summed E-state index contributed by atoms with van der Waals surface area (Å²) in [6.45, 7) is 20.7. The van der Waals surface area contributed by atoms with Crippen LogP contribution in [0.3, 0.4) is 0 Å². The van der Waals surface area contributed by atoms with E-state index < -0.39 is 0 Å². The number of nitrogens with two attached hydrogens (primary N) is 2. The van der Waals surface area contributed by atoms with E-state index in [0.29, 0.717) is 25.9 Å². The van der Waals surface area contributed by atoms with Gasteiger partial charge in [-0.15, -0.1) is 0 Å². The van der Waals surface area contributed by atoms with Gasteiger partial charge >= 0.3 is 11.9 Å². The van der Waals surface area contributed by atoms with Gasteiger partial charge in [-0.2, -0.15) is 0 Å². The standard InChI is InChI=1S/C32H62N4O4/c1-29(2)21-25(22-30(3,4)35(29)19-17-33)39-27(37)15-13-11-9-10-12-14-16-28(38)40-26-23-31(5,6)36(20-18-34)32(7,8)24-26/h25-26H,9-24,33-34H2,1-8H3. The van der Waals surface area contributed by atoms with E-state index in [2.05, 4.69) is 65.2 Å². The molecular weight excluding hydrogens is 504 g/mol. The predicted molar refractivity (Wildman–Crippen MR) is 163 cm³/mol. The minimum Gasteiger partial charge on any atom is -0.462 e. The summed E-state index contributed by atoms with van der Waals surface area (Å²) < 4.78 is 11.8. The van der Waals surface area contributed by atoms with Crippen molar-refractivity contribution >= 4 is 11.9 Å². The molecule has 0 aromatic rings. The lowest BCUT2D eigenvalue weighted by atomic mass is 9.78. The van der Waals surface area contributed by atoms with Crippen LogP contribution in [0, 0.1) is 0 Å². The maximum absolute atomic E-state index is 12.5. The number of unbranched alkanes of at least 4 members (excludes halogenated alkanes) is 5. The summed E-state index contributed by atoms with van der Waals surface area (Å²) in [5.74, 6) is -0.154. The van der Waals surface area contributed by atoms with Crippen LogP contribution >= 0.6 is 0 Å². The monoisotopic (exact) mass is 566 g/mol. The molecule has 4 N–H and O–H groups in total. The molecule has 8 nitrogen and oxygen atoms in total. The van der Waals surface area contributed by atoms with Crippen LogP contribution in [-0.2, 0) is 19.1 Å². The number of carbonyl (C=O) groups is 2. The summed E-state index contributed by atoms with van der Waals surface area (Å²) in [5, 5.41) is 0. The SMILES string of the molecule is CC1(C)CC(OC(=O)CCCCCCCCC(=O)OC2CC(C)(C)N(CCN)C(C)(C)C2)CC(C)(C)N1CCN. The molecule has 0 unspecified atom stereocenters. The maximum Gasteiger partial charge on any atom is 0.306 e. The van der Waals surface area contributed by atoms with Gasteiger partial charge in [0.2, 0.25) is 0 Å². The molecule has 0 spiro atoms. The lowest BCUT2D eigenvalue weighted by molar-refractivity contribution is -0.161. The summed E-state index contributed by atoms with van der Waals surface area (Å²) in [5.41, 5.74) is 11.5. The van der Waals surface area contributed by atoms with Crippen molar-refractivity contribution in [3.8, 4) is 0 Å². The highest BCUT2D eigenvalue weighted by molar-refractivity contribution is 5.69. The van der Waals surface area contributed by atoms with Gasteiger partial charge in [-0.25, -0.2) is 0 Å². The van der Waals surface area contributed by atoms with Crippen molar-refractivity contribution in [2.75, 3.05) is 26.2 Å². The lowest BCUT2D eigenvalue weighted by Crippen LogP contribution is -2.63. The first-order valence-electron chi connectivity index (χ1n) is 15.9. The van der Waals surface area contributed by atoms with Gasteiger partial charge in [-0.05, 0) is 68.2 Å². The second-order valence-electron chi connectivity index (χ2n) is 14.8. The third-order valence-electron chi connectivity index (χ3n) is 9.15. The van der Waals surface area contributed by atoms with Crippen molar-refractivity contribution in [2.24, 2.45) is 11.5 Å². The Labute approximate surface area is 245 Å². The predicted octanol–water partition coefficient (Wildman–Crippen LogP) is 5.15. The van der Waals surface area contributed by atoms with Crippen molar-refractivity contribution in [2.45, 2.75) is 167 Å². The molecule has 234 valence electrons. The first kappa shape index (κ1) is 35.0. The minimum absolute atomic E-state index is 0.0399. The molecule has 2 fully saturated rings. The Morgan fingerprint density at radius 3 is 1.12 bits per heavy atom. The molecule has 0 radical (unpaired) electrons. The molecule has 0 bridgehead atoms. The highest BCUT2D eigenvalue weighted by Crippen LogP contribution is 2.40. The van der Waals surface area contributed by atoms with Gasteiger partial charge in [-0.1, -0.05) is 25.7 Å². The topological polar surface area (TPSA) is 111 Å². The zero-order valence-electron chi connectivity index (χ0n) is 27.2. The van der Waals surface area contributed by atoms with Crippen LogP contribution in [0.2, 0.25) is 0 Å². The van der Waals surface area contributed by atoms with Crippen molar-refractivity contribution in [3.63, 3.8) is 0 Å². The number of esters is 2. The van der Waals surface area contributed by atoms with E-state index in [1.807, 2.05) is 0 Å². The Bertz CT molecular complexity index is 709. The summed E-state index contributed by atoms with van der Waals surface area (Å²) in [7, 11) is 0. The summed E-state index contributed by atoms with van der Waals surface area (Å²) in [6.07, 6.45) is 10.1. The second-order valence-corrected chi connectivity index (χ2v) is 14.8. The molecule has 40 heavy (non-hydrogen) atoms. The fraction of sp³-hybridized carbons (Fsp3) is 0.938. The molecule has 8 heteroatoms. The van der Waals surface area contributed by atoms with Crippen LogP contribution in [0.4, 0.5) is 0 Å². The fourth-order valence-electron chi connectivity index (χ4n) is 7.82. The minimum atomic E-state index is -0.0770. The molecule has 2 saturated heterocycles. The Balaban J connectivity index is 1.58. The molecule has 0 aromatic carbocycles. The smallest absolute Gasteiger partial charge is 0.306 e. The van der Waals surface area contributed by atoms with Crippen LogP contribution in [-0.4, -0.2) is 82.3 Å². The fourth-order valence-corrected chi connectivity index (χ4v) is 7.82. The largest absolute Gasteiger partial charge is 0.462 e. The first-order valence-corrected chi connectivity index (χ1v) is 15.9. The summed E-state index contributed by atoms with van der Waals surface area (Å²) >= 11 is 0. The molecule has 0 aliphatic carbocycles. The van der Waals surface area contributed by atoms with Gasteiger partial charge in [-0.3, -0.25) is 19.4 Å². The van der Waals surface area contributed by atoms with Crippen molar-refractivity contribution in [1.29, 1.82) is 0 Å². The van der Waals surface area contributed by atoms with Gasteiger partial charge in [0.05, 0.1) is 0 Å². The number of hydrogen-bond donors (Lipinski definition) is 2. The van der Waals surface area contributed by atoms with Crippen LogP contribution in [0.1, 0.15) is 132 Å². The number of likely N-dealkylation sites (tertiary alicyclic amines) is 2. The molecule has 2 aliphatic rings. The molecule has 0 aromatic heterocycles. The average molecular weight is 567 g/mol. The number of carbonyl (C=O) groups excluding carboxylic acids is 2. The van der Waals surface area contributed by atoms with Crippen LogP contribution < -0.4 is 11.5 Å². The zero-order valence-corrected chi connectivity index (χ0v) is 27.2. The van der Waals surface area contributed by atoms with Crippen molar-refractivity contribution in [3.05, 3.63) is 0 Å². The average Bonchev–Trinajstić information content (AvgIpc) is 2.79. The molecular formula is C32H62N4O4. The van der Waals surface area contributed by atoms with Crippen molar-refractivity contribution in [1.82, 2.24) is 9.80 Å². The number of nitrogens with zero attached hydrogens (tertiary/aromatic N) is 2. The Morgan fingerprint density at radius 2 is 0.850 bits per heavy atom. The van der Waals surface area contributed by atoms with E-state index in [1.54, 1.807) is 0 Å². The number of rotatable bonds is 15. The number of piperidine rings is 2. The van der Waals surface area contributed by atoms with E-state index in [0.717, 1.165) is 77.3 Å². The van der Waals surface area contributed by atoms with Crippen molar-refractivity contribution < 1.29 is 19.1 Å². The normalized spacial score (nSPS) is 23.1. The van der Waals surface area contributed by atoms with E-state index in [-0.39, 0.29) is 46.3 Å². The molecule has 0 saturated carbocycles. The van der Waals surface area contributed by atoms with Gasteiger partial charge < -0.3 is 20.9 Å². The van der Waals surface area contributed by atoms with E-state index in [4.69, 9.17) is 20.9 Å². The molecule has 2 rings (SSSR count). The van der Waals surface area contributed by atoms with E-state index >= 15 is 0 Å². The van der Waals surface area contributed by atoms with Gasteiger partial charge in [0.1, 0.15) is 12.2 Å². The van der Waals surface area contributed by atoms with Crippen LogP contribution in [0.25, 0.3) is 0 Å². The van der Waals surface area contributed by atoms with Crippen LogP contribution in [0.5, 0.6) is 0 Å². The number of hydrogen-bond acceptors (Lipinski definition) is 8.